The fourth-order valence-electron chi connectivity index (χ4n) is 7.18. The first-order chi connectivity index (χ1) is 29.9. The zero-order valence-electron chi connectivity index (χ0n) is 34.2. The van der Waals surface area contributed by atoms with Gasteiger partial charge in [0.1, 0.15) is 21.7 Å². The fraction of sp³-hybridized carbons (Fsp3) is 0.200. The van der Waals surface area contributed by atoms with Gasteiger partial charge in [0, 0.05) is 85.7 Å². The van der Waals surface area contributed by atoms with Gasteiger partial charge in [0.15, 0.2) is 0 Å². The van der Waals surface area contributed by atoms with Crippen molar-refractivity contribution in [2.24, 2.45) is 14.1 Å². The van der Waals surface area contributed by atoms with Crippen molar-refractivity contribution in [1.29, 1.82) is 0 Å². The molecule has 2 fully saturated rings. The van der Waals surface area contributed by atoms with Crippen molar-refractivity contribution in [2.75, 3.05) is 62.4 Å². The van der Waals surface area contributed by atoms with Crippen LogP contribution in [0.1, 0.15) is 16.8 Å². The van der Waals surface area contributed by atoms with Gasteiger partial charge in [0.25, 0.3) is 0 Å². The largest absolute Gasteiger partial charge is 0.378 e. The van der Waals surface area contributed by atoms with E-state index in [1.54, 1.807) is 0 Å². The molecule has 10 rings (SSSR count). The maximum absolute atomic E-state index is 5.49. The molecule has 0 atom stereocenters. The highest BCUT2D eigenvalue weighted by molar-refractivity contribution is 9.10. The van der Waals surface area contributed by atoms with E-state index < -0.39 is 0 Å². The molecule has 0 aliphatic carbocycles. The van der Waals surface area contributed by atoms with Gasteiger partial charge in [0.05, 0.1) is 48.8 Å². The van der Waals surface area contributed by atoms with Gasteiger partial charge in [-0.15, -0.1) is 6.42 Å². The maximum atomic E-state index is 5.49. The summed E-state index contributed by atoms with van der Waals surface area (Å²) in [5.74, 6) is 9.04. The molecule has 2 aliphatic rings. The molecule has 10 nitrogen and oxygen atoms in total. The van der Waals surface area contributed by atoms with E-state index in [4.69, 9.17) is 21.0 Å². The van der Waals surface area contributed by atoms with Crippen LogP contribution >= 0.6 is 15.9 Å². The molecule has 11 heteroatoms. The normalized spacial score (nSPS) is 13.6. The Morgan fingerprint density at radius 3 is 1.54 bits per heavy atom. The number of terminal acetylenes is 1. The Hall–Kier alpha value is -6.76. The van der Waals surface area contributed by atoms with Crippen LogP contribution in [0.2, 0.25) is 0 Å². The summed E-state index contributed by atoms with van der Waals surface area (Å²) < 4.78 is 15.5. The lowest BCUT2D eigenvalue weighted by Crippen LogP contribution is -2.36. The molecule has 0 spiro atoms. The second-order valence-corrected chi connectivity index (χ2v) is 15.3. The second kappa shape index (κ2) is 19.5. The van der Waals surface area contributed by atoms with E-state index in [1.807, 2.05) is 114 Å². The molecule has 4 aromatic heterocycles. The number of aryl methyl sites for hydroxylation is 2. The van der Waals surface area contributed by atoms with Crippen molar-refractivity contribution < 1.29 is 9.47 Å². The van der Waals surface area contributed by atoms with Gasteiger partial charge in [-0.1, -0.05) is 84.6 Å². The van der Waals surface area contributed by atoms with Crippen LogP contribution in [0.3, 0.4) is 0 Å². The Balaban J connectivity index is 0.000000142. The summed E-state index contributed by atoms with van der Waals surface area (Å²) in [6.07, 6.45) is 9.55. The predicted molar refractivity (Wildman–Crippen MR) is 248 cm³/mol. The van der Waals surface area contributed by atoms with Gasteiger partial charge >= 0.3 is 0 Å². The van der Waals surface area contributed by atoms with E-state index in [0.29, 0.717) is 0 Å². The highest BCUT2D eigenvalue weighted by Gasteiger charge is 2.20. The number of hydrogen-bond donors (Lipinski definition) is 0. The molecule has 0 N–H and O–H groups in total. The molecule has 61 heavy (non-hydrogen) atoms. The van der Waals surface area contributed by atoms with Gasteiger partial charge in [-0.05, 0) is 70.4 Å². The summed E-state index contributed by atoms with van der Waals surface area (Å²) in [6, 6.07) is 40.4. The van der Waals surface area contributed by atoms with Crippen LogP contribution in [0.25, 0.3) is 44.3 Å². The molecule has 0 bridgehead atoms. The summed E-state index contributed by atoms with van der Waals surface area (Å²) >= 11 is 3.32. The lowest BCUT2D eigenvalue weighted by molar-refractivity contribution is 0.122. The van der Waals surface area contributed by atoms with Gasteiger partial charge in [-0.25, -0.2) is 9.97 Å². The van der Waals surface area contributed by atoms with Crippen LogP contribution in [0, 0.1) is 24.2 Å². The molecule has 8 aromatic rings. The number of nitrogens with zero attached hydrogens (tertiary/aromatic N) is 8. The summed E-state index contributed by atoms with van der Waals surface area (Å²) in [4.78, 5) is 13.6. The maximum Gasteiger partial charge on any atom is 0.116 e. The Bertz CT molecular complexity index is 2840. The molecule has 0 unspecified atom stereocenters. The molecule has 2 aliphatic heterocycles. The number of aromatic nitrogens is 6. The number of pyridine rings is 2. The molecule has 0 amide bonds. The standard InChI is InChI=1S/C25H22N4O.C16H17N3O.C9H6BrN/c1-28-18-24(29-14-16-30-17-15-29)25(27-28)21-9-6-19(7-10-21)8-12-22-13-11-20-4-2-3-5-23(20)26-22;1-3-13-4-6-14(7-5-13)16-15(12-18(2)17-16)19-8-10-20-11-9-19;10-9-6-5-7-3-1-2-4-8(7)11-9/h2-7,9-11,13,18H,14-17H2,1H3;1,4-7,12H,8-11H2,2H3;1-6H. The number of benzene rings is 4. The Morgan fingerprint density at radius 2 is 1.02 bits per heavy atom. The Kier molecular flexibility index (Phi) is 13.1. The first-order valence-corrected chi connectivity index (χ1v) is 21.0. The topological polar surface area (TPSA) is 86.4 Å². The van der Waals surface area contributed by atoms with Crippen LogP contribution in [-0.2, 0) is 23.6 Å². The number of anilines is 2. The van der Waals surface area contributed by atoms with E-state index in [2.05, 4.69) is 101 Å². The van der Waals surface area contributed by atoms with Crippen molar-refractivity contribution in [3.63, 3.8) is 0 Å². The third kappa shape index (κ3) is 10.3. The highest BCUT2D eigenvalue weighted by atomic mass is 79.9. The molecule has 304 valence electrons. The third-order valence-electron chi connectivity index (χ3n) is 10.3. The first-order valence-electron chi connectivity index (χ1n) is 20.2. The average Bonchev–Trinajstić information content (AvgIpc) is 3.91. The van der Waals surface area contributed by atoms with Crippen LogP contribution in [0.15, 0.2) is 138 Å². The van der Waals surface area contributed by atoms with Crippen molar-refractivity contribution >= 4 is 49.1 Å². The molecular weight excluding hydrogens is 825 g/mol. The quantitative estimate of drug-likeness (QED) is 0.128. The van der Waals surface area contributed by atoms with Crippen molar-refractivity contribution in [2.45, 2.75) is 0 Å². The number of para-hydroxylation sites is 2. The fourth-order valence-corrected chi connectivity index (χ4v) is 7.51. The Labute approximate surface area is 364 Å². The summed E-state index contributed by atoms with van der Waals surface area (Å²) in [7, 11) is 3.91. The monoisotopic (exact) mass is 868 g/mol. The molecule has 2 saturated heterocycles. The summed E-state index contributed by atoms with van der Waals surface area (Å²) in [5.41, 5.74) is 11.1. The van der Waals surface area contributed by atoms with E-state index in [9.17, 15) is 0 Å². The van der Waals surface area contributed by atoms with Crippen LogP contribution < -0.4 is 9.80 Å². The number of rotatable bonds is 4. The lowest BCUT2D eigenvalue weighted by Gasteiger charge is -2.28. The lowest BCUT2D eigenvalue weighted by atomic mass is 10.1. The second-order valence-electron chi connectivity index (χ2n) is 14.5. The zero-order chi connectivity index (χ0) is 42.0. The van der Waals surface area contributed by atoms with Gasteiger partial charge in [0.2, 0.25) is 0 Å². The predicted octanol–water partition coefficient (Wildman–Crippen LogP) is 8.77. The van der Waals surface area contributed by atoms with Gasteiger partial charge < -0.3 is 19.3 Å². The highest BCUT2D eigenvalue weighted by Crippen LogP contribution is 2.31. The van der Waals surface area contributed by atoms with Crippen molar-refractivity contribution in [3.05, 3.63) is 155 Å². The molecule has 4 aromatic carbocycles. The third-order valence-corrected chi connectivity index (χ3v) is 10.7. The number of halogens is 1. The van der Waals surface area contributed by atoms with E-state index in [-0.39, 0.29) is 0 Å². The zero-order valence-corrected chi connectivity index (χ0v) is 35.8. The van der Waals surface area contributed by atoms with E-state index >= 15 is 0 Å². The van der Waals surface area contributed by atoms with Crippen LogP contribution in [0.4, 0.5) is 11.4 Å². The summed E-state index contributed by atoms with van der Waals surface area (Å²) in [5, 5.41) is 11.6. The average molecular weight is 870 g/mol. The number of morpholine rings is 2. The Morgan fingerprint density at radius 1 is 0.541 bits per heavy atom. The van der Waals surface area contributed by atoms with E-state index in [0.717, 1.165) is 124 Å². The van der Waals surface area contributed by atoms with Crippen molar-refractivity contribution in [3.8, 4) is 46.7 Å². The van der Waals surface area contributed by atoms with Crippen molar-refractivity contribution in [1.82, 2.24) is 29.5 Å². The van der Waals surface area contributed by atoms with E-state index in [1.165, 1.54) is 5.39 Å². The smallest absolute Gasteiger partial charge is 0.116 e. The molecule has 6 heterocycles. The number of fused-ring (bicyclic) bond motifs is 2. The molecular formula is C50H45BrN8O2. The minimum atomic E-state index is 0.756. The molecule has 0 radical (unpaired) electrons. The summed E-state index contributed by atoms with van der Waals surface area (Å²) in [6.45, 7) is 6.64. The minimum Gasteiger partial charge on any atom is -0.378 e. The van der Waals surface area contributed by atoms with Crippen LogP contribution in [-0.4, -0.2) is 82.1 Å². The number of hydrogen-bond acceptors (Lipinski definition) is 8. The first kappa shape index (κ1) is 41.0. The molecule has 0 saturated carbocycles. The number of ether oxygens (including phenoxy) is 2. The van der Waals surface area contributed by atoms with Crippen LogP contribution in [0.5, 0.6) is 0 Å². The SMILES string of the molecule is Brc1ccc2ccccc2n1.C#Cc1ccc(-c2nn(C)cc2N2CCOCC2)cc1.Cn1cc(N2CCOCC2)c(-c2ccc(C#Cc3ccc4ccccc4n3)cc2)n1. The van der Waals surface area contributed by atoms with Gasteiger partial charge in [-0.2, -0.15) is 10.2 Å². The van der Waals surface area contributed by atoms with Gasteiger partial charge in [-0.3, -0.25) is 9.36 Å². The minimum absolute atomic E-state index is 0.756.